The molecule has 3 aromatic carbocycles. The Labute approximate surface area is 185 Å². The van der Waals surface area contributed by atoms with E-state index in [2.05, 4.69) is 6.07 Å². The van der Waals surface area contributed by atoms with Gasteiger partial charge < -0.3 is 14.7 Å². The molecule has 0 aromatic heterocycles. The van der Waals surface area contributed by atoms with Crippen LogP contribution in [0.4, 0.5) is 0 Å². The Balaban J connectivity index is 1.58. The quantitative estimate of drug-likeness (QED) is 0.577. The maximum atomic E-state index is 13.1. The molecule has 1 amide bonds. The fraction of sp³-hybridized carbons (Fsp3) is 0.208. The van der Waals surface area contributed by atoms with Crippen molar-refractivity contribution < 1.29 is 14.6 Å². The van der Waals surface area contributed by atoms with Gasteiger partial charge in [-0.2, -0.15) is 0 Å². The summed E-state index contributed by atoms with van der Waals surface area (Å²) in [6.45, 7) is 0.704. The summed E-state index contributed by atoms with van der Waals surface area (Å²) in [5.41, 5.74) is 3.58. The molecular formula is C24H21Cl2NO3. The molecule has 0 spiro atoms. The van der Waals surface area contributed by atoms with Crippen LogP contribution >= 0.6 is 23.2 Å². The van der Waals surface area contributed by atoms with Gasteiger partial charge in [-0.05, 0) is 47.4 Å². The third-order valence-electron chi connectivity index (χ3n) is 5.33. The first-order valence-electron chi connectivity index (χ1n) is 9.71. The summed E-state index contributed by atoms with van der Waals surface area (Å²) in [6, 6.07) is 19.9. The number of hydrogen-bond donors (Lipinski definition) is 1. The van der Waals surface area contributed by atoms with Gasteiger partial charge in [-0.25, -0.2) is 0 Å². The minimum Gasteiger partial charge on any atom is -0.508 e. The number of phenols is 1. The summed E-state index contributed by atoms with van der Waals surface area (Å²) in [7, 11) is 0. The lowest BCUT2D eigenvalue weighted by Crippen LogP contribution is -2.42. The first-order valence-corrected chi connectivity index (χ1v) is 10.5. The molecule has 0 saturated carbocycles. The number of hydrogen-bond acceptors (Lipinski definition) is 3. The number of aromatic hydroxyl groups is 1. The van der Waals surface area contributed by atoms with Crippen molar-refractivity contribution in [2.45, 2.75) is 19.1 Å². The zero-order chi connectivity index (χ0) is 21.1. The predicted molar refractivity (Wildman–Crippen MR) is 118 cm³/mol. The fourth-order valence-corrected chi connectivity index (χ4v) is 4.23. The number of amides is 1. The highest BCUT2D eigenvalue weighted by atomic mass is 35.5. The first kappa shape index (κ1) is 20.7. The number of ether oxygens (including phenoxy) is 1. The normalized spacial score (nSPS) is 15.7. The van der Waals surface area contributed by atoms with Gasteiger partial charge in [0.25, 0.3) is 0 Å². The molecule has 0 radical (unpaired) electrons. The third-order valence-corrected chi connectivity index (χ3v) is 5.93. The standard InChI is InChI=1S/C24H21Cl2NO3/c25-18-9-10-22(28)20(13-18)24-19-7-3-1-5-16(19)11-12-27(24)23(29)15-30-14-17-6-2-4-8-21(17)26/h1-10,13,24,28H,11-12,14-15H2. The fourth-order valence-electron chi connectivity index (χ4n) is 3.86. The zero-order valence-corrected chi connectivity index (χ0v) is 17.7. The van der Waals surface area contributed by atoms with Gasteiger partial charge in [-0.1, -0.05) is 65.7 Å². The molecule has 0 fully saturated rings. The van der Waals surface area contributed by atoms with Crippen LogP contribution in [0.3, 0.4) is 0 Å². The maximum absolute atomic E-state index is 13.1. The molecule has 1 heterocycles. The molecule has 1 atom stereocenters. The number of nitrogens with zero attached hydrogens (tertiary/aromatic N) is 1. The monoisotopic (exact) mass is 441 g/mol. The number of fused-ring (bicyclic) bond motifs is 1. The van der Waals surface area contributed by atoms with Crippen LogP contribution in [0.1, 0.15) is 28.3 Å². The minimum absolute atomic E-state index is 0.0782. The molecule has 6 heteroatoms. The van der Waals surface area contributed by atoms with E-state index in [1.165, 1.54) is 0 Å². The molecule has 1 N–H and O–H groups in total. The van der Waals surface area contributed by atoms with Crippen LogP contribution in [0.15, 0.2) is 66.7 Å². The largest absolute Gasteiger partial charge is 0.508 e. The lowest BCUT2D eigenvalue weighted by molar-refractivity contribution is -0.138. The van der Waals surface area contributed by atoms with Crippen LogP contribution in [0.2, 0.25) is 10.0 Å². The molecule has 1 unspecified atom stereocenters. The number of carbonyl (C=O) groups excluding carboxylic acids is 1. The van der Waals surface area contributed by atoms with E-state index in [9.17, 15) is 9.90 Å². The Bertz CT molecular complexity index is 1070. The van der Waals surface area contributed by atoms with E-state index in [1.807, 2.05) is 36.4 Å². The minimum atomic E-state index is -0.426. The lowest BCUT2D eigenvalue weighted by Gasteiger charge is -2.38. The Morgan fingerprint density at radius 2 is 1.80 bits per heavy atom. The van der Waals surface area contributed by atoms with Crippen molar-refractivity contribution in [3.8, 4) is 5.75 Å². The van der Waals surface area contributed by atoms with Gasteiger partial charge in [0.15, 0.2) is 0 Å². The predicted octanol–water partition coefficient (Wildman–Crippen LogP) is 5.39. The molecule has 0 bridgehead atoms. The van der Waals surface area contributed by atoms with Crippen LogP contribution in [0, 0.1) is 0 Å². The second kappa shape index (κ2) is 9.09. The molecule has 0 aliphatic carbocycles. The van der Waals surface area contributed by atoms with Gasteiger partial charge in [0.2, 0.25) is 5.91 Å². The van der Waals surface area contributed by atoms with Crippen molar-refractivity contribution in [3.63, 3.8) is 0 Å². The number of halogens is 2. The van der Waals surface area contributed by atoms with E-state index < -0.39 is 6.04 Å². The van der Waals surface area contributed by atoms with Gasteiger partial charge >= 0.3 is 0 Å². The van der Waals surface area contributed by atoms with E-state index in [0.717, 1.165) is 23.1 Å². The number of rotatable bonds is 5. The van der Waals surface area contributed by atoms with E-state index in [-0.39, 0.29) is 24.9 Å². The molecular weight excluding hydrogens is 421 g/mol. The van der Waals surface area contributed by atoms with Crippen molar-refractivity contribution in [3.05, 3.63) is 99.0 Å². The van der Waals surface area contributed by atoms with E-state index in [1.54, 1.807) is 29.2 Å². The highest BCUT2D eigenvalue weighted by molar-refractivity contribution is 6.31. The van der Waals surface area contributed by atoms with Crippen molar-refractivity contribution in [1.29, 1.82) is 0 Å². The Morgan fingerprint density at radius 1 is 1.03 bits per heavy atom. The summed E-state index contributed by atoms with van der Waals surface area (Å²) in [4.78, 5) is 14.9. The SMILES string of the molecule is O=C(COCc1ccccc1Cl)N1CCc2ccccc2C1c1cc(Cl)ccc1O. The van der Waals surface area contributed by atoms with Crippen LogP contribution in [-0.2, 0) is 22.6 Å². The van der Waals surface area contributed by atoms with Gasteiger partial charge in [0.05, 0.1) is 12.6 Å². The van der Waals surface area contributed by atoms with Crippen molar-refractivity contribution in [2.24, 2.45) is 0 Å². The molecule has 4 nitrogen and oxygen atoms in total. The second-order valence-electron chi connectivity index (χ2n) is 7.23. The molecule has 1 aliphatic rings. The highest BCUT2D eigenvalue weighted by Gasteiger charge is 2.33. The third kappa shape index (κ3) is 4.31. The topological polar surface area (TPSA) is 49.8 Å². The molecule has 4 rings (SSSR count). The summed E-state index contributed by atoms with van der Waals surface area (Å²) in [5.74, 6) is -0.0446. The molecule has 3 aromatic rings. The summed E-state index contributed by atoms with van der Waals surface area (Å²) >= 11 is 12.4. The van der Waals surface area contributed by atoms with Crippen LogP contribution in [0.25, 0.3) is 0 Å². The Kier molecular flexibility index (Phi) is 6.28. The van der Waals surface area contributed by atoms with Crippen molar-refractivity contribution in [1.82, 2.24) is 4.90 Å². The molecule has 1 aliphatic heterocycles. The maximum Gasteiger partial charge on any atom is 0.249 e. The Morgan fingerprint density at radius 3 is 2.63 bits per heavy atom. The van der Waals surface area contributed by atoms with E-state index in [4.69, 9.17) is 27.9 Å². The highest BCUT2D eigenvalue weighted by Crippen LogP contribution is 2.40. The van der Waals surface area contributed by atoms with Crippen LogP contribution in [-0.4, -0.2) is 29.1 Å². The van der Waals surface area contributed by atoms with Gasteiger partial charge in [0.1, 0.15) is 12.4 Å². The smallest absolute Gasteiger partial charge is 0.249 e. The van der Waals surface area contributed by atoms with Gasteiger partial charge in [0, 0.05) is 22.2 Å². The number of carbonyl (C=O) groups is 1. The van der Waals surface area contributed by atoms with Crippen LogP contribution in [0.5, 0.6) is 5.75 Å². The van der Waals surface area contributed by atoms with Gasteiger partial charge in [-0.3, -0.25) is 4.79 Å². The second-order valence-corrected chi connectivity index (χ2v) is 8.07. The van der Waals surface area contributed by atoms with E-state index in [0.29, 0.717) is 22.2 Å². The van der Waals surface area contributed by atoms with Crippen molar-refractivity contribution in [2.75, 3.05) is 13.2 Å². The summed E-state index contributed by atoms with van der Waals surface area (Å²) < 4.78 is 5.68. The van der Waals surface area contributed by atoms with E-state index >= 15 is 0 Å². The van der Waals surface area contributed by atoms with Crippen LogP contribution < -0.4 is 0 Å². The molecule has 154 valence electrons. The number of phenolic OH excluding ortho intramolecular Hbond substituents is 1. The first-order chi connectivity index (χ1) is 14.5. The summed E-state index contributed by atoms with van der Waals surface area (Å²) in [5, 5.41) is 11.6. The van der Waals surface area contributed by atoms with Gasteiger partial charge in [-0.15, -0.1) is 0 Å². The average molecular weight is 442 g/mol. The number of benzene rings is 3. The Hall–Kier alpha value is -2.53. The van der Waals surface area contributed by atoms with Crippen molar-refractivity contribution >= 4 is 29.1 Å². The zero-order valence-electron chi connectivity index (χ0n) is 16.2. The lowest BCUT2D eigenvalue weighted by atomic mass is 9.87. The molecule has 30 heavy (non-hydrogen) atoms. The average Bonchev–Trinajstić information content (AvgIpc) is 2.76. The summed E-state index contributed by atoms with van der Waals surface area (Å²) in [6.07, 6.45) is 0.740. The molecule has 0 saturated heterocycles.